The molecule has 1 atom stereocenters. The SMILES string of the molecule is CCC[SiH2]C(OC)(OC)C(C)OC. The third-order valence-electron chi connectivity index (χ3n) is 2.54. The molecule has 0 spiro atoms. The maximum Gasteiger partial charge on any atom is 0.169 e. The van der Waals surface area contributed by atoms with Gasteiger partial charge in [0.25, 0.3) is 0 Å². The first kappa shape index (κ1) is 13.1. The van der Waals surface area contributed by atoms with Gasteiger partial charge in [-0.1, -0.05) is 19.4 Å². The van der Waals surface area contributed by atoms with Gasteiger partial charge in [-0.15, -0.1) is 0 Å². The Morgan fingerprint density at radius 3 is 2.08 bits per heavy atom. The monoisotopic (exact) mass is 206 g/mol. The average molecular weight is 206 g/mol. The van der Waals surface area contributed by atoms with Crippen molar-refractivity contribution in [2.75, 3.05) is 21.3 Å². The van der Waals surface area contributed by atoms with Gasteiger partial charge in [0.1, 0.15) is 6.10 Å². The van der Waals surface area contributed by atoms with Crippen LogP contribution in [0.4, 0.5) is 0 Å². The quantitative estimate of drug-likeness (QED) is 0.459. The number of hydrogen-bond acceptors (Lipinski definition) is 3. The molecule has 4 heteroatoms. The Bertz CT molecular complexity index is 126. The second-order valence-electron chi connectivity index (χ2n) is 3.20. The Balaban J connectivity index is 4.29. The lowest BCUT2D eigenvalue weighted by Gasteiger charge is -2.35. The molecule has 0 aliphatic heterocycles. The van der Waals surface area contributed by atoms with Crippen LogP contribution in [-0.4, -0.2) is 42.4 Å². The standard InChI is InChI=1S/C9H22O3Si/c1-6-7-13-9(11-4,12-5)8(2)10-3/h8H,6-7,13H2,1-5H3. The largest absolute Gasteiger partial charge is 0.377 e. The number of rotatable bonds is 7. The van der Waals surface area contributed by atoms with Crippen LogP contribution < -0.4 is 0 Å². The normalized spacial score (nSPS) is 15.5. The lowest BCUT2D eigenvalue weighted by Crippen LogP contribution is -2.50. The molecule has 13 heavy (non-hydrogen) atoms. The van der Waals surface area contributed by atoms with Crippen molar-refractivity contribution in [3.05, 3.63) is 0 Å². The van der Waals surface area contributed by atoms with E-state index in [1.54, 1.807) is 21.3 Å². The lowest BCUT2D eigenvalue weighted by atomic mass is 10.4. The summed E-state index contributed by atoms with van der Waals surface area (Å²) in [5.41, 5.74) is -0.440. The molecule has 0 N–H and O–H groups in total. The molecular formula is C9H22O3Si. The van der Waals surface area contributed by atoms with Crippen LogP contribution in [0.15, 0.2) is 0 Å². The van der Waals surface area contributed by atoms with E-state index in [0.29, 0.717) is 0 Å². The van der Waals surface area contributed by atoms with Crippen LogP contribution in [0.3, 0.4) is 0 Å². The van der Waals surface area contributed by atoms with Gasteiger partial charge in [0.2, 0.25) is 0 Å². The van der Waals surface area contributed by atoms with Gasteiger partial charge in [-0.3, -0.25) is 0 Å². The molecular weight excluding hydrogens is 184 g/mol. The second-order valence-corrected chi connectivity index (χ2v) is 5.39. The highest BCUT2D eigenvalue weighted by molar-refractivity contribution is 6.39. The molecule has 0 aromatic heterocycles. The zero-order valence-electron chi connectivity index (χ0n) is 9.42. The van der Waals surface area contributed by atoms with E-state index in [0.717, 1.165) is 0 Å². The molecule has 0 heterocycles. The second kappa shape index (κ2) is 6.54. The van der Waals surface area contributed by atoms with Crippen LogP contribution in [0, 0.1) is 0 Å². The summed E-state index contributed by atoms with van der Waals surface area (Å²) in [7, 11) is 4.67. The van der Waals surface area contributed by atoms with Crippen LogP contribution >= 0.6 is 0 Å². The number of methoxy groups -OCH3 is 3. The van der Waals surface area contributed by atoms with Crippen molar-refractivity contribution in [1.82, 2.24) is 0 Å². The van der Waals surface area contributed by atoms with E-state index in [1.165, 1.54) is 12.5 Å². The molecule has 0 saturated carbocycles. The van der Waals surface area contributed by atoms with Gasteiger partial charge in [-0.25, -0.2) is 0 Å². The summed E-state index contributed by atoms with van der Waals surface area (Å²) in [6.07, 6.45) is 1.21. The van der Waals surface area contributed by atoms with Crippen molar-refractivity contribution in [2.45, 2.75) is 37.8 Å². The average Bonchev–Trinajstić information content (AvgIpc) is 2.19. The Kier molecular flexibility index (Phi) is 6.58. The predicted octanol–water partition coefficient (Wildman–Crippen LogP) is 0.965. The smallest absolute Gasteiger partial charge is 0.169 e. The summed E-state index contributed by atoms with van der Waals surface area (Å²) in [6, 6.07) is 1.22. The summed E-state index contributed by atoms with van der Waals surface area (Å²) >= 11 is 0. The van der Waals surface area contributed by atoms with E-state index in [4.69, 9.17) is 14.2 Å². The lowest BCUT2D eigenvalue weighted by molar-refractivity contribution is -0.205. The number of hydrogen-bond donors (Lipinski definition) is 0. The first-order valence-electron chi connectivity index (χ1n) is 4.80. The van der Waals surface area contributed by atoms with E-state index >= 15 is 0 Å². The highest BCUT2D eigenvalue weighted by Crippen LogP contribution is 2.19. The molecule has 0 aromatic rings. The fourth-order valence-electron chi connectivity index (χ4n) is 1.43. The van der Waals surface area contributed by atoms with Crippen LogP contribution in [0.5, 0.6) is 0 Å². The van der Waals surface area contributed by atoms with Gasteiger partial charge in [-0.05, 0) is 6.92 Å². The molecule has 0 amide bonds. The maximum atomic E-state index is 5.46. The molecule has 0 rings (SSSR count). The molecule has 0 aliphatic carbocycles. The minimum atomic E-state index is -0.440. The van der Waals surface area contributed by atoms with E-state index in [9.17, 15) is 0 Å². The van der Waals surface area contributed by atoms with Gasteiger partial charge >= 0.3 is 0 Å². The molecule has 0 bridgehead atoms. The third-order valence-corrected chi connectivity index (χ3v) is 5.45. The highest BCUT2D eigenvalue weighted by Gasteiger charge is 2.35. The van der Waals surface area contributed by atoms with Crippen LogP contribution in [0.2, 0.25) is 6.04 Å². The third kappa shape index (κ3) is 3.38. The van der Waals surface area contributed by atoms with Gasteiger partial charge < -0.3 is 14.2 Å². The Morgan fingerprint density at radius 2 is 1.77 bits per heavy atom. The van der Waals surface area contributed by atoms with Crippen molar-refractivity contribution in [1.29, 1.82) is 0 Å². The van der Waals surface area contributed by atoms with Crippen LogP contribution in [-0.2, 0) is 14.2 Å². The Morgan fingerprint density at radius 1 is 1.23 bits per heavy atom. The van der Waals surface area contributed by atoms with Crippen molar-refractivity contribution in [2.24, 2.45) is 0 Å². The predicted molar refractivity (Wildman–Crippen MR) is 56.9 cm³/mol. The van der Waals surface area contributed by atoms with E-state index in [1.807, 2.05) is 6.92 Å². The van der Waals surface area contributed by atoms with Gasteiger partial charge in [0, 0.05) is 21.3 Å². The summed E-state index contributed by atoms with van der Waals surface area (Å²) in [5, 5.41) is 0. The molecule has 0 radical (unpaired) electrons. The maximum absolute atomic E-state index is 5.46. The fraction of sp³-hybridized carbons (Fsp3) is 1.00. The minimum absolute atomic E-state index is 0.0146. The summed E-state index contributed by atoms with van der Waals surface area (Å²) in [4.78, 5) is 0. The van der Waals surface area contributed by atoms with E-state index in [2.05, 4.69) is 6.92 Å². The zero-order valence-corrected chi connectivity index (χ0v) is 10.8. The molecule has 0 aliphatic rings. The molecule has 1 unspecified atom stereocenters. The molecule has 80 valence electrons. The highest BCUT2D eigenvalue weighted by atomic mass is 28.2. The molecule has 0 saturated heterocycles. The topological polar surface area (TPSA) is 27.7 Å². The van der Waals surface area contributed by atoms with Gasteiger partial charge in [-0.2, -0.15) is 0 Å². The summed E-state index contributed by atoms with van der Waals surface area (Å²) in [5.74, 6) is 0. The van der Waals surface area contributed by atoms with Crippen molar-refractivity contribution >= 4 is 9.52 Å². The summed E-state index contributed by atoms with van der Waals surface area (Å²) < 4.78 is 16.2. The first-order valence-corrected chi connectivity index (χ1v) is 6.50. The van der Waals surface area contributed by atoms with Gasteiger partial charge in [0.15, 0.2) is 5.41 Å². The van der Waals surface area contributed by atoms with Crippen LogP contribution in [0.25, 0.3) is 0 Å². The molecule has 3 nitrogen and oxygen atoms in total. The van der Waals surface area contributed by atoms with E-state index in [-0.39, 0.29) is 6.10 Å². The van der Waals surface area contributed by atoms with Crippen molar-refractivity contribution in [3.63, 3.8) is 0 Å². The Labute approximate surface area is 83.6 Å². The minimum Gasteiger partial charge on any atom is -0.377 e. The van der Waals surface area contributed by atoms with Gasteiger partial charge in [0.05, 0.1) is 9.52 Å². The summed E-state index contributed by atoms with van der Waals surface area (Å²) in [6.45, 7) is 4.18. The zero-order chi connectivity index (χ0) is 10.3. The van der Waals surface area contributed by atoms with Crippen molar-refractivity contribution in [3.8, 4) is 0 Å². The van der Waals surface area contributed by atoms with Crippen molar-refractivity contribution < 1.29 is 14.2 Å². The fourth-order valence-corrected chi connectivity index (χ4v) is 3.25. The molecule has 0 aromatic carbocycles. The van der Waals surface area contributed by atoms with Crippen LogP contribution in [0.1, 0.15) is 20.3 Å². The van der Waals surface area contributed by atoms with E-state index < -0.39 is 14.9 Å². The Hall–Kier alpha value is 0.0969. The number of ether oxygens (including phenoxy) is 3. The first-order chi connectivity index (χ1) is 6.16. The molecule has 0 fully saturated rings.